The normalized spacial score (nSPS) is 24.9. The van der Waals surface area contributed by atoms with Gasteiger partial charge in [0.1, 0.15) is 16.6 Å². The molecule has 2 aliphatic rings. The molecular formula is C20H25ClN4O2. The average molecular weight is 389 g/mol. The molecule has 0 spiro atoms. The maximum atomic E-state index is 12.3. The van der Waals surface area contributed by atoms with Gasteiger partial charge in [0, 0.05) is 36.8 Å². The molecule has 3 atom stereocenters. The number of likely N-dealkylation sites (tertiary alicyclic amines) is 1. The van der Waals surface area contributed by atoms with Crippen molar-refractivity contribution in [3.63, 3.8) is 0 Å². The number of hydrogen-bond acceptors (Lipinski definition) is 5. The second-order valence-electron chi connectivity index (χ2n) is 8.58. The van der Waals surface area contributed by atoms with Crippen molar-refractivity contribution in [1.82, 2.24) is 14.9 Å². The van der Waals surface area contributed by atoms with Gasteiger partial charge in [-0.3, -0.25) is 4.98 Å². The molecule has 2 aromatic rings. The Morgan fingerprint density at radius 1 is 1.30 bits per heavy atom. The topological polar surface area (TPSA) is 67.3 Å². The summed E-state index contributed by atoms with van der Waals surface area (Å²) in [4.78, 5) is 23.0. The second kappa shape index (κ2) is 6.82. The van der Waals surface area contributed by atoms with Crippen molar-refractivity contribution in [2.75, 3.05) is 18.4 Å². The molecule has 3 heterocycles. The fraction of sp³-hybridized carbons (Fsp3) is 0.550. The summed E-state index contributed by atoms with van der Waals surface area (Å²) in [6, 6.07) is 6.03. The number of amides is 1. The van der Waals surface area contributed by atoms with Gasteiger partial charge in [0.2, 0.25) is 0 Å². The van der Waals surface area contributed by atoms with Gasteiger partial charge in [-0.25, -0.2) is 9.78 Å². The standard InChI is InChI=1S/C20H25ClN4O2/c1-20(2,3)27-19(26)25-10-12-7-14(8-13(12)11-25)23-18-15-5-4-6-22-16(15)9-17(21)24-18/h4-6,9,12-14H,7-8,10-11H2,1-3H3,(H,23,24)/t12-,13+,14?. The lowest BCUT2D eigenvalue weighted by Crippen LogP contribution is -2.36. The van der Waals surface area contributed by atoms with Crippen LogP contribution in [-0.4, -0.2) is 45.7 Å². The number of pyridine rings is 2. The zero-order valence-electron chi connectivity index (χ0n) is 15.9. The van der Waals surface area contributed by atoms with E-state index in [0.717, 1.165) is 42.7 Å². The summed E-state index contributed by atoms with van der Waals surface area (Å²) in [5.74, 6) is 1.79. The number of hydrogen-bond donors (Lipinski definition) is 1. The molecule has 0 aromatic carbocycles. The van der Waals surface area contributed by atoms with E-state index in [0.29, 0.717) is 23.0 Å². The fourth-order valence-corrected chi connectivity index (χ4v) is 4.43. The largest absolute Gasteiger partial charge is 0.444 e. The molecule has 1 aliphatic carbocycles. The van der Waals surface area contributed by atoms with Crippen molar-refractivity contribution in [3.05, 3.63) is 29.5 Å². The van der Waals surface area contributed by atoms with Crippen LogP contribution in [0.15, 0.2) is 24.4 Å². The van der Waals surface area contributed by atoms with Gasteiger partial charge in [-0.15, -0.1) is 0 Å². The van der Waals surface area contributed by atoms with Crippen LogP contribution in [0.5, 0.6) is 0 Å². The molecule has 0 radical (unpaired) electrons. The molecule has 1 amide bonds. The van der Waals surface area contributed by atoms with Gasteiger partial charge in [0.25, 0.3) is 0 Å². The number of carbonyl (C=O) groups is 1. The van der Waals surface area contributed by atoms with E-state index in [1.807, 2.05) is 37.8 Å². The zero-order valence-corrected chi connectivity index (χ0v) is 16.7. The van der Waals surface area contributed by atoms with Crippen LogP contribution in [-0.2, 0) is 4.74 Å². The molecule has 0 bridgehead atoms. The van der Waals surface area contributed by atoms with Crippen LogP contribution in [0.2, 0.25) is 5.15 Å². The van der Waals surface area contributed by atoms with Gasteiger partial charge in [0.15, 0.2) is 0 Å². The van der Waals surface area contributed by atoms with Crippen LogP contribution in [0.25, 0.3) is 10.9 Å². The Morgan fingerprint density at radius 3 is 2.67 bits per heavy atom. The van der Waals surface area contributed by atoms with E-state index in [4.69, 9.17) is 16.3 Å². The highest BCUT2D eigenvalue weighted by molar-refractivity contribution is 6.30. The van der Waals surface area contributed by atoms with Gasteiger partial charge >= 0.3 is 6.09 Å². The molecule has 1 saturated carbocycles. The van der Waals surface area contributed by atoms with Gasteiger partial charge in [-0.1, -0.05) is 11.6 Å². The first-order chi connectivity index (χ1) is 12.8. The lowest BCUT2D eigenvalue weighted by Gasteiger charge is -2.25. The minimum absolute atomic E-state index is 0.199. The molecule has 2 fully saturated rings. The summed E-state index contributed by atoms with van der Waals surface area (Å²) in [6.07, 6.45) is 3.59. The Morgan fingerprint density at radius 2 is 2.00 bits per heavy atom. The second-order valence-corrected chi connectivity index (χ2v) is 8.97. The van der Waals surface area contributed by atoms with Crippen LogP contribution >= 0.6 is 11.6 Å². The molecule has 1 unspecified atom stereocenters. The Bertz CT molecular complexity index is 853. The van der Waals surface area contributed by atoms with E-state index in [-0.39, 0.29) is 6.09 Å². The van der Waals surface area contributed by atoms with Crippen LogP contribution in [0, 0.1) is 11.8 Å². The lowest BCUT2D eigenvalue weighted by molar-refractivity contribution is 0.0280. The van der Waals surface area contributed by atoms with Crippen LogP contribution in [0.3, 0.4) is 0 Å². The minimum atomic E-state index is -0.452. The van der Waals surface area contributed by atoms with E-state index in [2.05, 4.69) is 15.3 Å². The van der Waals surface area contributed by atoms with E-state index < -0.39 is 5.60 Å². The smallest absolute Gasteiger partial charge is 0.410 e. The van der Waals surface area contributed by atoms with Crippen LogP contribution in [0.4, 0.5) is 10.6 Å². The predicted molar refractivity (Wildman–Crippen MR) is 106 cm³/mol. The first kappa shape index (κ1) is 18.3. The van der Waals surface area contributed by atoms with Crippen molar-refractivity contribution in [2.24, 2.45) is 11.8 Å². The summed E-state index contributed by atoms with van der Waals surface area (Å²) in [6.45, 7) is 7.24. The highest BCUT2D eigenvalue weighted by atomic mass is 35.5. The van der Waals surface area contributed by atoms with E-state index in [1.54, 1.807) is 12.3 Å². The Labute approximate surface area is 164 Å². The van der Waals surface area contributed by atoms with Crippen molar-refractivity contribution in [2.45, 2.75) is 45.3 Å². The third kappa shape index (κ3) is 3.95. The summed E-state index contributed by atoms with van der Waals surface area (Å²) in [5.41, 5.74) is 0.390. The number of anilines is 1. The third-order valence-corrected chi connectivity index (χ3v) is 5.51. The Hall–Kier alpha value is -2.08. The van der Waals surface area contributed by atoms with Crippen molar-refractivity contribution >= 4 is 34.4 Å². The van der Waals surface area contributed by atoms with Gasteiger partial charge in [-0.05, 0) is 57.6 Å². The highest BCUT2D eigenvalue weighted by Crippen LogP contribution is 2.40. The van der Waals surface area contributed by atoms with Crippen LogP contribution in [0.1, 0.15) is 33.6 Å². The van der Waals surface area contributed by atoms with Crippen molar-refractivity contribution in [1.29, 1.82) is 0 Å². The molecule has 1 N–H and O–H groups in total. The molecule has 2 aromatic heterocycles. The molecule has 6 nitrogen and oxygen atoms in total. The maximum Gasteiger partial charge on any atom is 0.410 e. The summed E-state index contributed by atoms with van der Waals surface area (Å²) < 4.78 is 5.51. The number of halogens is 1. The van der Waals surface area contributed by atoms with Gasteiger partial charge < -0.3 is 15.0 Å². The number of nitrogens with zero attached hydrogens (tertiary/aromatic N) is 3. The van der Waals surface area contributed by atoms with E-state index in [9.17, 15) is 4.79 Å². The quantitative estimate of drug-likeness (QED) is 0.775. The monoisotopic (exact) mass is 388 g/mol. The SMILES string of the molecule is CC(C)(C)OC(=O)N1C[C@H]2CC(Nc3nc(Cl)cc4ncccc34)C[C@H]2C1. The molecule has 27 heavy (non-hydrogen) atoms. The molecule has 4 rings (SSSR count). The molecule has 7 heteroatoms. The predicted octanol–water partition coefficient (Wildman–Crippen LogP) is 4.34. The number of ether oxygens (including phenoxy) is 1. The first-order valence-corrected chi connectivity index (χ1v) is 9.82. The molecule has 144 valence electrons. The molecule has 1 saturated heterocycles. The number of nitrogens with one attached hydrogen (secondary N) is 1. The first-order valence-electron chi connectivity index (χ1n) is 9.44. The average Bonchev–Trinajstić information content (AvgIpc) is 3.11. The number of aromatic nitrogens is 2. The molecule has 1 aliphatic heterocycles. The minimum Gasteiger partial charge on any atom is -0.444 e. The summed E-state index contributed by atoms with van der Waals surface area (Å²) in [5, 5.41) is 4.99. The third-order valence-electron chi connectivity index (χ3n) is 5.31. The fourth-order valence-electron chi connectivity index (χ4n) is 4.24. The number of carbonyl (C=O) groups excluding carboxylic acids is 1. The van der Waals surface area contributed by atoms with Crippen molar-refractivity contribution < 1.29 is 9.53 Å². The van der Waals surface area contributed by atoms with Gasteiger partial charge in [0.05, 0.1) is 5.52 Å². The lowest BCUT2D eigenvalue weighted by atomic mass is 10.0. The maximum absolute atomic E-state index is 12.3. The zero-order chi connectivity index (χ0) is 19.2. The Kier molecular flexibility index (Phi) is 4.62. The number of rotatable bonds is 2. The Balaban J connectivity index is 1.41. The van der Waals surface area contributed by atoms with E-state index in [1.165, 1.54) is 0 Å². The highest BCUT2D eigenvalue weighted by Gasteiger charge is 2.43. The molecular weight excluding hydrogens is 364 g/mol. The van der Waals surface area contributed by atoms with E-state index >= 15 is 0 Å². The van der Waals surface area contributed by atoms with Crippen LogP contribution < -0.4 is 5.32 Å². The van der Waals surface area contributed by atoms with Gasteiger partial charge in [-0.2, -0.15) is 0 Å². The summed E-state index contributed by atoms with van der Waals surface area (Å²) >= 11 is 6.16. The summed E-state index contributed by atoms with van der Waals surface area (Å²) in [7, 11) is 0. The number of fused-ring (bicyclic) bond motifs is 2. The van der Waals surface area contributed by atoms with Crippen molar-refractivity contribution in [3.8, 4) is 0 Å².